The van der Waals surface area contributed by atoms with Crippen molar-refractivity contribution in [1.29, 1.82) is 5.26 Å². The number of ether oxygens (including phenoxy) is 2. The van der Waals surface area contributed by atoms with E-state index < -0.39 is 5.92 Å². The second-order valence-corrected chi connectivity index (χ2v) is 3.28. The number of fused-ring (bicyclic) bond motifs is 1. The lowest BCUT2D eigenvalue weighted by atomic mass is 10.0. The Bertz CT molecular complexity index is 448. The molecule has 1 unspecified atom stereocenters. The smallest absolute Gasteiger partial charge is 0.231 e. The molecular weight excluding hydrogens is 194 g/mol. The Balaban J connectivity index is 2.31. The van der Waals surface area contributed by atoms with Crippen LogP contribution in [0.15, 0.2) is 18.2 Å². The molecule has 0 fully saturated rings. The molecule has 4 heteroatoms. The molecule has 4 nitrogen and oxygen atoms in total. The number of nitrogens with zero attached hydrogens (tertiary/aromatic N) is 1. The van der Waals surface area contributed by atoms with Crippen LogP contribution in [0, 0.1) is 17.2 Å². The molecule has 0 spiro atoms. The molecule has 0 saturated heterocycles. The number of ketones is 1. The summed E-state index contributed by atoms with van der Waals surface area (Å²) in [6, 6.07) is 6.84. The van der Waals surface area contributed by atoms with E-state index in [-0.39, 0.29) is 12.6 Å². The normalized spacial score (nSPS) is 14.4. The van der Waals surface area contributed by atoms with Crippen LogP contribution in [0.25, 0.3) is 0 Å². The van der Waals surface area contributed by atoms with E-state index in [1.165, 1.54) is 0 Å². The van der Waals surface area contributed by atoms with Gasteiger partial charge in [-0.15, -0.1) is 0 Å². The predicted octanol–water partition coefficient (Wildman–Crippen LogP) is 1.76. The maximum absolute atomic E-state index is 11.7. The minimum atomic E-state index is -0.634. The van der Waals surface area contributed by atoms with Crippen molar-refractivity contribution < 1.29 is 14.3 Å². The van der Waals surface area contributed by atoms with Crippen molar-refractivity contribution in [2.24, 2.45) is 5.92 Å². The van der Waals surface area contributed by atoms with Crippen LogP contribution in [0.5, 0.6) is 11.5 Å². The molecule has 76 valence electrons. The number of Topliss-reactive ketones (excluding diaryl/α,β-unsaturated/α-hetero) is 1. The number of carbonyl (C=O) groups excluding carboxylic acids is 1. The first-order valence-corrected chi connectivity index (χ1v) is 4.56. The third-order valence-corrected chi connectivity index (χ3v) is 2.24. The number of nitriles is 1. The zero-order valence-electron chi connectivity index (χ0n) is 8.19. The third-order valence-electron chi connectivity index (χ3n) is 2.24. The molecule has 15 heavy (non-hydrogen) atoms. The van der Waals surface area contributed by atoms with Gasteiger partial charge >= 0.3 is 0 Å². The number of carbonyl (C=O) groups is 1. The van der Waals surface area contributed by atoms with Crippen LogP contribution >= 0.6 is 0 Å². The summed E-state index contributed by atoms with van der Waals surface area (Å²) in [7, 11) is 0. The fraction of sp³-hybridized carbons (Fsp3) is 0.273. The molecule has 1 aromatic carbocycles. The zero-order valence-corrected chi connectivity index (χ0v) is 8.19. The number of hydrogen-bond acceptors (Lipinski definition) is 4. The van der Waals surface area contributed by atoms with Crippen molar-refractivity contribution in [2.75, 3.05) is 6.79 Å². The highest BCUT2D eigenvalue weighted by atomic mass is 16.7. The summed E-state index contributed by atoms with van der Waals surface area (Å²) in [4.78, 5) is 11.7. The molecule has 0 aromatic heterocycles. The van der Waals surface area contributed by atoms with Crippen molar-refractivity contribution in [3.63, 3.8) is 0 Å². The van der Waals surface area contributed by atoms with Crippen molar-refractivity contribution in [2.45, 2.75) is 6.92 Å². The highest BCUT2D eigenvalue weighted by molar-refractivity contribution is 5.99. The van der Waals surface area contributed by atoms with Crippen LogP contribution in [0.1, 0.15) is 17.3 Å². The molecule has 1 aromatic rings. The fourth-order valence-electron chi connectivity index (χ4n) is 1.36. The Morgan fingerprint density at radius 1 is 1.47 bits per heavy atom. The van der Waals surface area contributed by atoms with Gasteiger partial charge in [0.05, 0.1) is 6.07 Å². The van der Waals surface area contributed by atoms with E-state index in [0.717, 1.165) is 0 Å². The van der Waals surface area contributed by atoms with E-state index in [9.17, 15) is 4.79 Å². The van der Waals surface area contributed by atoms with E-state index in [0.29, 0.717) is 17.1 Å². The van der Waals surface area contributed by atoms with Crippen molar-refractivity contribution in [1.82, 2.24) is 0 Å². The molecule has 0 amide bonds. The molecule has 1 heterocycles. The summed E-state index contributed by atoms with van der Waals surface area (Å²) < 4.78 is 10.3. The van der Waals surface area contributed by atoms with Gasteiger partial charge in [0.15, 0.2) is 17.3 Å². The van der Waals surface area contributed by atoms with Crippen molar-refractivity contribution in [3.05, 3.63) is 23.8 Å². The average Bonchev–Trinajstić information content (AvgIpc) is 2.73. The van der Waals surface area contributed by atoms with Gasteiger partial charge in [0.25, 0.3) is 0 Å². The molecule has 2 rings (SSSR count). The molecule has 1 atom stereocenters. The van der Waals surface area contributed by atoms with Gasteiger partial charge in [-0.2, -0.15) is 5.26 Å². The van der Waals surface area contributed by atoms with Gasteiger partial charge in [0, 0.05) is 5.56 Å². The molecule has 0 bridgehead atoms. The minimum absolute atomic E-state index is 0.181. The van der Waals surface area contributed by atoms with Crippen molar-refractivity contribution in [3.8, 4) is 17.6 Å². The van der Waals surface area contributed by atoms with Gasteiger partial charge in [-0.25, -0.2) is 0 Å². The Hall–Kier alpha value is -2.02. The van der Waals surface area contributed by atoms with Crippen LogP contribution in [-0.4, -0.2) is 12.6 Å². The molecule has 1 aliphatic rings. The minimum Gasteiger partial charge on any atom is -0.454 e. The van der Waals surface area contributed by atoms with E-state index >= 15 is 0 Å². The lowest BCUT2D eigenvalue weighted by molar-refractivity contribution is 0.0956. The molecular formula is C11H9NO3. The summed E-state index contributed by atoms with van der Waals surface area (Å²) in [5.74, 6) is 0.364. The van der Waals surface area contributed by atoms with Crippen LogP contribution in [0.4, 0.5) is 0 Å². The first kappa shape index (κ1) is 9.53. The first-order valence-electron chi connectivity index (χ1n) is 4.56. The zero-order chi connectivity index (χ0) is 10.8. The monoisotopic (exact) mass is 203 g/mol. The molecule has 1 aliphatic heterocycles. The van der Waals surface area contributed by atoms with Gasteiger partial charge in [-0.1, -0.05) is 0 Å². The van der Waals surface area contributed by atoms with Gasteiger partial charge in [-0.3, -0.25) is 4.79 Å². The number of hydrogen-bond donors (Lipinski definition) is 0. The quantitative estimate of drug-likeness (QED) is 0.687. The Labute approximate surface area is 87.0 Å². The number of rotatable bonds is 2. The van der Waals surface area contributed by atoms with Crippen LogP contribution in [0.3, 0.4) is 0 Å². The predicted molar refractivity (Wildman–Crippen MR) is 51.7 cm³/mol. The van der Waals surface area contributed by atoms with Gasteiger partial charge in [0.1, 0.15) is 5.92 Å². The topological polar surface area (TPSA) is 59.3 Å². The Morgan fingerprint density at radius 3 is 2.93 bits per heavy atom. The van der Waals surface area contributed by atoms with Crippen molar-refractivity contribution >= 4 is 5.78 Å². The fourth-order valence-corrected chi connectivity index (χ4v) is 1.36. The largest absolute Gasteiger partial charge is 0.454 e. The molecule has 0 saturated carbocycles. The second-order valence-electron chi connectivity index (χ2n) is 3.28. The highest BCUT2D eigenvalue weighted by Crippen LogP contribution is 2.32. The van der Waals surface area contributed by atoms with Crippen LogP contribution in [-0.2, 0) is 0 Å². The third kappa shape index (κ3) is 1.64. The summed E-state index contributed by atoms with van der Waals surface area (Å²) in [5.41, 5.74) is 0.480. The van der Waals surface area contributed by atoms with E-state index in [2.05, 4.69) is 0 Å². The van der Waals surface area contributed by atoms with Crippen LogP contribution < -0.4 is 9.47 Å². The maximum Gasteiger partial charge on any atom is 0.231 e. The average molecular weight is 203 g/mol. The van der Waals surface area contributed by atoms with Gasteiger partial charge < -0.3 is 9.47 Å². The highest BCUT2D eigenvalue weighted by Gasteiger charge is 2.19. The number of benzene rings is 1. The summed E-state index contributed by atoms with van der Waals surface area (Å²) >= 11 is 0. The first-order chi connectivity index (χ1) is 7.22. The lowest BCUT2D eigenvalue weighted by Crippen LogP contribution is -2.08. The molecule has 0 aliphatic carbocycles. The van der Waals surface area contributed by atoms with Crippen LogP contribution in [0.2, 0.25) is 0 Å². The van der Waals surface area contributed by atoms with E-state index in [1.54, 1.807) is 25.1 Å². The maximum atomic E-state index is 11.7. The van der Waals surface area contributed by atoms with Gasteiger partial charge in [0.2, 0.25) is 6.79 Å². The van der Waals surface area contributed by atoms with E-state index in [4.69, 9.17) is 14.7 Å². The van der Waals surface area contributed by atoms with E-state index in [1.807, 2.05) is 6.07 Å². The molecule has 0 radical (unpaired) electrons. The summed E-state index contributed by atoms with van der Waals surface area (Å²) in [6.07, 6.45) is 0. The Morgan fingerprint density at radius 2 is 2.20 bits per heavy atom. The summed E-state index contributed by atoms with van der Waals surface area (Å²) in [5, 5.41) is 8.63. The van der Waals surface area contributed by atoms with Gasteiger partial charge in [-0.05, 0) is 25.1 Å². The molecule has 0 N–H and O–H groups in total. The lowest BCUT2D eigenvalue weighted by Gasteiger charge is -2.03. The summed E-state index contributed by atoms with van der Waals surface area (Å²) in [6.45, 7) is 1.76. The second kappa shape index (κ2) is 3.62. The Kier molecular flexibility index (Phi) is 2.30. The SMILES string of the molecule is CC(C#N)C(=O)c1ccc2c(c1)OCO2. The standard InChI is InChI=1S/C11H9NO3/c1-7(5-12)11(13)8-2-3-9-10(4-8)15-6-14-9/h2-4,7H,6H2,1H3.